The molecule has 4 nitrogen and oxygen atoms in total. The number of aromatic nitrogens is 1. The van der Waals surface area contributed by atoms with E-state index in [-0.39, 0.29) is 11.7 Å². The first-order valence-corrected chi connectivity index (χ1v) is 8.35. The number of pyridine rings is 1. The van der Waals surface area contributed by atoms with E-state index in [4.69, 9.17) is 4.74 Å². The summed E-state index contributed by atoms with van der Waals surface area (Å²) in [6, 6.07) is 13.7. The van der Waals surface area contributed by atoms with Crippen LogP contribution in [-0.4, -0.2) is 17.9 Å². The Kier molecular flexibility index (Phi) is 4.70. The molecular formula is C21H22N2O2. The second-order valence-electron chi connectivity index (χ2n) is 6.39. The van der Waals surface area contributed by atoms with Crippen LogP contribution in [0.3, 0.4) is 0 Å². The van der Waals surface area contributed by atoms with E-state index in [1.54, 1.807) is 13.3 Å². The number of methoxy groups -OCH3 is 1. The Morgan fingerprint density at radius 1 is 1.16 bits per heavy atom. The highest BCUT2D eigenvalue weighted by molar-refractivity contribution is 6.09. The molecule has 3 rings (SSSR count). The van der Waals surface area contributed by atoms with Gasteiger partial charge in [0, 0.05) is 23.2 Å². The molecule has 4 heteroatoms. The predicted molar refractivity (Wildman–Crippen MR) is 102 cm³/mol. The summed E-state index contributed by atoms with van der Waals surface area (Å²) in [4.78, 5) is 17.2. The molecule has 0 fully saturated rings. The first kappa shape index (κ1) is 17.0. The van der Waals surface area contributed by atoms with E-state index in [9.17, 15) is 4.79 Å². The van der Waals surface area contributed by atoms with Crippen molar-refractivity contribution in [2.24, 2.45) is 5.92 Å². The van der Waals surface area contributed by atoms with Gasteiger partial charge in [-0.25, -0.2) is 0 Å². The van der Waals surface area contributed by atoms with E-state index in [2.05, 4.69) is 10.3 Å². The first-order valence-electron chi connectivity index (χ1n) is 8.35. The Balaban J connectivity index is 2.24. The molecule has 1 N–H and O–H groups in total. The lowest BCUT2D eigenvalue weighted by atomic mass is 9.98. The summed E-state index contributed by atoms with van der Waals surface area (Å²) >= 11 is 0. The fraction of sp³-hybridized carbons (Fsp3) is 0.238. The van der Waals surface area contributed by atoms with Crippen LogP contribution in [0.2, 0.25) is 0 Å². The summed E-state index contributed by atoms with van der Waals surface area (Å²) in [5.74, 6) is 0.687. The van der Waals surface area contributed by atoms with Gasteiger partial charge < -0.3 is 10.1 Å². The predicted octanol–water partition coefficient (Wildman–Crippen LogP) is 5.13. The summed E-state index contributed by atoms with van der Waals surface area (Å²) in [6.45, 7) is 5.83. The lowest BCUT2D eigenvalue weighted by molar-refractivity contribution is 0.0940. The van der Waals surface area contributed by atoms with Gasteiger partial charge in [0.15, 0.2) is 5.78 Å². The van der Waals surface area contributed by atoms with Crippen LogP contribution in [0.25, 0.3) is 10.9 Å². The van der Waals surface area contributed by atoms with Gasteiger partial charge in [-0.2, -0.15) is 0 Å². The fourth-order valence-corrected chi connectivity index (χ4v) is 2.78. The summed E-state index contributed by atoms with van der Waals surface area (Å²) in [6.07, 6.45) is 1.66. The average Bonchev–Trinajstić information content (AvgIpc) is 2.62. The molecule has 0 saturated carbocycles. The quantitative estimate of drug-likeness (QED) is 0.657. The minimum Gasteiger partial charge on any atom is -0.497 e. The molecule has 0 radical (unpaired) electrons. The fourth-order valence-electron chi connectivity index (χ4n) is 2.78. The molecule has 1 aromatic heterocycles. The summed E-state index contributed by atoms with van der Waals surface area (Å²) in [5, 5.41) is 4.32. The lowest BCUT2D eigenvalue weighted by Gasteiger charge is -2.17. The van der Waals surface area contributed by atoms with Crippen LogP contribution in [0.5, 0.6) is 5.75 Å². The van der Waals surface area contributed by atoms with Crippen molar-refractivity contribution in [3.05, 3.63) is 59.8 Å². The standard InChI is InChI=1S/C21H22N2O2/c1-13(2)21(24)17-12-22-19-10-9-15(25-4)11-16(19)20(17)23-18-8-6-5-7-14(18)3/h5-13H,1-4H3,(H,22,23). The third kappa shape index (κ3) is 3.33. The van der Waals surface area contributed by atoms with Crippen molar-refractivity contribution in [1.29, 1.82) is 0 Å². The van der Waals surface area contributed by atoms with Gasteiger partial charge in [-0.05, 0) is 36.8 Å². The van der Waals surface area contributed by atoms with Crippen LogP contribution in [0.4, 0.5) is 11.4 Å². The summed E-state index contributed by atoms with van der Waals surface area (Å²) < 4.78 is 5.36. The van der Waals surface area contributed by atoms with Crippen molar-refractivity contribution in [2.75, 3.05) is 12.4 Å². The van der Waals surface area contributed by atoms with E-state index in [0.29, 0.717) is 5.56 Å². The smallest absolute Gasteiger partial charge is 0.169 e. The highest BCUT2D eigenvalue weighted by Gasteiger charge is 2.19. The van der Waals surface area contributed by atoms with Gasteiger partial charge in [0.05, 0.1) is 23.9 Å². The Morgan fingerprint density at radius 2 is 1.92 bits per heavy atom. The van der Waals surface area contributed by atoms with Crippen LogP contribution in [-0.2, 0) is 0 Å². The molecular weight excluding hydrogens is 312 g/mol. The number of aryl methyl sites for hydroxylation is 1. The van der Waals surface area contributed by atoms with Crippen molar-refractivity contribution in [3.8, 4) is 5.75 Å². The number of para-hydroxylation sites is 1. The zero-order valence-electron chi connectivity index (χ0n) is 15.0. The van der Waals surface area contributed by atoms with Gasteiger partial charge in [0.25, 0.3) is 0 Å². The second kappa shape index (κ2) is 6.93. The number of ether oxygens (including phenoxy) is 1. The number of hydrogen-bond donors (Lipinski definition) is 1. The van der Waals surface area contributed by atoms with E-state index in [1.165, 1.54) is 0 Å². The zero-order chi connectivity index (χ0) is 18.0. The van der Waals surface area contributed by atoms with Crippen LogP contribution in [0.1, 0.15) is 29.8 Å². The molecule has 1 heterocycles. The molecule has 0 bridgehead atoms. The Morgan fingerprint density at radius 3 is 2.60 bits per heavy atom. The van der Waals surface area contributed by atoms with Crippen LogP contribution >= 0.6 is 0 Å². The summed E-state index contributed by atoms with van der Waals surface area (Å²) in [5.41, 5.74) is 4.27. The van der Waals surface area contributed by atoms with Gasteiger partial charge in [0.1, 0.15) is 5.75 Å². The minimum atomic E-state index is -0.109. The monoisotopic (exact) mass is 334 g/mol. The average molecular weight is 334 g/mol. The normalized spacial score (nSPS) is 10.9. The third-order valence-electron chi connectivity index (χ3n) is 4.27. The molecule has 0 atom stereocenters. The number of carbonyl (C=O) groups is 1. The van der Waals surface area contributed by atoms with E-state index in [1.807, 2.05) is 63.2 Å². The lowest BCUT2D eigenvalue weighted by Crippen LogP contribution is -2.11. The van der Waals surface area contributed by atoms with Crippen LogP contribution in [0.15, 0.2) is 48.7 Å². The molecule has 0 amide bonds. The van der Waals surface area contributed by atoms with Gasteiger partial charge in [-0.3, -0.25) is 9.78 Å². The van der Waals surface area contributed by atoms with Gasteiger partial charge in [0.2, 0.25) is 0 Å². The summed E-state index contributed by atoms with van der Waals surface area (Å²) in [7, 11) is 1.63. The van der Waals surface area contributed by atoms with Crippen molar-refractivity contribution in [2.45, 2.75) is 20.8 Å². The maximum absolute atomic E-state index is 12.7. The molecule has 0 saturated heterocycles. The SMILES string of the molecule is COc1ccc2ncc(C(=O)C(C)C)c(Nc3ccccc3C)c2c1. The van der Waals surface area contributed by atoms with Gasteiger partial charge >= 0.3 is 0 Å². The second-order valence-corrected chi connectivity index (χ2v) is 6.39. The van der Waals surface area contributed by atoms with Crippen LogP contribution < -0.4 is 10.1 Å². The zero-order valence-corrected chi connectivity index (χ0v) is 15.0. The first-order chi connectivity index (χ1) is 12.0. The number of carbonyl (C=O) groups excluding carboxylic acids is 1. The van der Waals surface area contributed by atoms with Crippen molar-refractivity contribution < 1.29 is 9.53 Å². The minimum absolute atomic E-state index is 0.0632. The Labute approximate surface area is 147 Å². The van der Waals surface area contributed by atoms with E-state index >= 15 is 0 Å². The van der Waals surface area contributed by atoms with Crippen molar-refractivity contribution in [3.63, 3.8) is 0 Å². The van der Waals surface area contributed by atoms with E-state index < -0.39 is 0 Å². The molecule has 25 heavy (non-hydrogen) atoms. The largest absolute Gasteiger partial charge is 0.497 e. The van der Waals surface area contributed by atoms with Crippen molar-refractivity contribution >= 4 is 28.1 Å². The van der Waals surface area contributed by atoms with Gasteiger partial charge in [-0.15, -0.1) is 0 Å². The van der Waals surface area contributed by atoms with E-state index in [0.717, 1.165) is 33.6 Å². The maximum atomic E-state index is 12.7. The molecule has 0 aliphatic carbocycles. The topological polar surface area (TPSA) is 51.2 Å². The molecule has 0 aliphatic rings. The third-order valence-corrected chi connectivity index (χ3v) is 4.27. The number of ketones is 1. The molecule has 0 aliphatic heterocycles. The number of hydrogen-bond acceptors (Lipinski definition) is 4. The molecule has 0 spiro atoms. The highest BCUT2D eigenvalue weighted by atomic mass is 16.5. The Hall–Kier alpha value is -2.88. The number of nitrogens with one attached hydrogen (secondary N) is 1. The highest BCUT2D eigenvalue weighted by Crippen LogP contribution is 2.33. The number of nitrogens with zero attached hydrogens (tertiary/aromatic N) is 1. The van der Waals surface area contributed by atoms with Crippen molar-refractivity contribution in [1.82, 2.24) is 4.98 Å². The number of fused-ring (bicyclic) bond motifs is 1. The molecule has 128 valence electrons. The molecule has 2 aromatic carbocycles. The van der Waals surface area contributed by atoms with Crippen LogP contribution in [0, 0.1) is 12.8 Å². The molecule has 0 unspecified atom stereocenters. The number of benzene rings is 2. The molecule has 3 aromatic rings. The number of Topliss-reactive ketones (excluding diaryl/α,β-unsaturated/α-hetero) is 1. The number of rotatable bonds is 5. The van der Waals surface area contributed by atoms with Gasteiger partial charge in [-0.1, -0.05) is 32.0 Å². The maximum Gasteiger partial charge on any atom is 0.169 e. The number of anilines is 2. The Bertz CT molecular complexity index is 932.